The molecule has 3 aromatic carbocycles. The van der Waals surface area contributed by atoms with E-state index in [4.69, 9.17) is 18.9 Å². The predicted molar refractivity (Wildman–Crippen MR) is 133 cm³/mol. The van der Waals surface area contributed by atoms with Crippen LogP contribution < -0.4 is 24.3 Å². The average Bonchev–Trinajstić information content (AvgIpc) is 3.41. The molecule has 0 saturated heterocycles. The van der Waals surface area contributed by atoms with Crippen LogP contribution in [0.25, 0.3) is 22.6 Å². The normalized spacial score (nSPS) is 10.5. The number of carbonyl (C=O) groups excluding carboxylic acids is 1. The minimum atomic E-state index is -0.196. The summed E-state index contributed by atoms with van der Waals surface area (Å²) < 4.78 is 21.3. The molecule has 8 heteroatoms. The van der Waals surface area contributed by atoms with Crippen LogP contribution in [0.5, 0.6) is 23.0 Å². The van der Waals surface area contributed by atoms with Gasteiger partial charge in [0.2, 0.25) is 0 Å². The first-order chi connectivity index (χ1) is 17.1. The standard InChI is InChI=1S/C27H27N3O5/c1-32-20-10-12-23(33-2)21(14-20)22-16-28-26(30-22)18-7-5-17(6-8-18)15-29-27(31)19-9-11-24(34-3)25(13-19)35-4/h5-14,16H,15H2,1-4H3,(H,28,30)(H,29,31). The molecular weight excluding hydrogens is 446 g/mol. The fourth-order valence-electron chi connectivity index (χ4n) is 3.67. The molecule has 0 spiro atoms. The number of ether oxygens (including phenoxy) is 4. The Morgan fingerprint density at radius 3 is 2.23 bits per heavy atom. The van der Waals surface area contributed by atoms with Crippen LogP contribution in [-0.4, -0.2) is 44.3 Å². The van der Waals surface area contributed by atoms with E-state index in [1.807, 2.05) is 42.5 Å². The first-order valence-electron chi connectivity index (χ1n) is 10.9. The summed E-state index contributed by atoms with van der Waals surface area (Å²) in [4.78, 5) is 20.4. The SMILES string of the molecule is COc1ccc(OC)c(-c2cnc(-c3ccc(CNC(=O)c4ccc(OC)c(OC)c4)cc3)[nH]2)c1. The van der Waals surface area contributed by atoms with E-state index in [0.29, 0.717) is 23.6 Å². The Morgan fingerprint density at radius 1 is 0.829 bits per heavy atom. The third kappa shape index (κ3) is 5.22. The molecule has 0 unspecified atom stereocenters. The molecule has 4 rings (SSSR count). The van der Waals surface area contributed by atoms with Gasteiger partial charge in [0.1, 0.15) is 17.3 Å². The van der Waals surface area contributed by atoms with Crippen molar-refractivity contribution in [3.8, 4) is 45.6 Å². The molecule has 1 heterocycles. The molecule has 35 heavy (non-hydrogen) atoms. The van der Waals surface area contributed by atoms with Gasteiger partial charge in [-0.05, 0) is 42.0 Å². The van der Waals surface area contributed by atoms with Crippen molar-refractivity contribution in [2.75, 3.05) is 28.4 Å². The van der Waals surface area contributed by atoms with Crippen molar-refractivity contribution in [3.05, 3.63) is 78.0 Å². The summed E-state index contributed by atoms with van der Waals surface area (Å²) in [5.41, 5.74) is 4.06. The van der Waals surface area contributed by atoms with Crippen molar-refractivity contribution in [2.45, 2.75) is 6.54 Å². The van der Waals surface area contributed by atoms with Crippen molar-refractivity contribution in [3.63, 3.8) is 0 Å². The van der Waals surface area contributed by atoms with E-state index in [2.05, 4.69) is 15.3 Å². The lowest BCUT2D eigenvalue weighted by molar-refractivity contribution is 0.0950. The summed E-state index contributed by atoms with van der Waals surface area (Å²) in [6.07, 6.45) is 1.77. The average molecular weight is 474 g/mol. The van der Waals surface area contributed by atoms with Crippen LogP contribution in [0.15, 0.2) is 66.9 Å². The maximum Gasteiger partial charge on any atom is 0.251 e. The highest BCUT2D eigenvalue weighted by Gasteiger charge is 2.13. The van der Waals surface area contributed by atoms with Gasteiger partial charge in [0, 0.05) is 23.2 Å². The van der Waals surface area contributed by atoms with E-state index in [-0.39, 0.29) is 5.91 Å². The largest absolute Gasteiger partial charge is 0.497 e. The zero-order valence-corrected chi connectivity index (χ0v) is 20.0. The number of nitrogens with one attached hydrogen (secondary N) is 2. The minimum Gasteiger partial charge on any atom is -0.497 e. The van der Waals surface area contributed by atoms with Crippen LogP contribution in [0.4, 0.5) is 0 Å². The number of benzene rings is 3. The van der Waals surface area contributed by atoms with Gasteiger partial charge in [0.05, 0.1) is 40.3 Å². The van der Waals surface area contributed by atoms with Crippen LogP contribution in [0.3, 0.4) is 0 Å². The van der Waals surface area contributed by atoms with E-state index >= 15 is 0 Å². The van der Waals surface area contributed by atoms with Gasteiger partial charge in [0.15, 0.2) is 11.5 Å². The van der Waals surface area contributed by atoms with Crippen molar-refractivity contribution in [1.29, 1.82) is 0 Å². The molecule has 0 bridgehead atoms. The minimum absolute atomic E-state index is 0.196. The fraction of sp³-hybridized carbons (Fsp3) is 0.185. The molecule has 0 fully saturated rings. The smallest absolute Gasteiger partial charge is 0.251 e. The summed E-state index contributed by atoms with van der Waals surface area (Å²) >= 11 is 0. The van der Waals surface area contributed by atoms with Crippen molar-refractivity contribution in [1.82, 2.24) is 15.3 Å². The van der Waals surface area contributed by atoms with E-state index < -0.39 is 0 Å². The summed E-state index contributed by atoms with van der Waals surface area (Å²) in [5.74, 6) is 3.07. The Kier molecular flexibility index (Phi) is 7.21. The van der Waals surface area contributed by atoms with Crippen molar-refractivity contribution in [2.24, 2.45) is 0 Å². The van der Waals surface area contributed by atoms with Crippen molar-refractivity contribution < 1.29 is 23.7 Å². The van der Waals surface area contributed by atoms with Crippen LogP contribution in [0.2, 0.25) is 0 Å². The molecule has 2 N–H and O–H groups in total. The number of imidazole rings is 1. The molecule has 0 aliphatic heterocycles. The molecule has 1 aromatic heterocycles. The molecule has 1 amide bonds. The Hall–Kier alpha value is -4.46. The van der Waals surface area contributed by atoms with E-state index in [1.54, 1.807) is 45.7 Å². The van der Waals surface area contributed by atoms with Gasteiger partial charge >= 0.3 is 0 Å². The molecule has 4 aromatic rings. The molecule has 0 radical (unpaired) electrons. The number of hydrogen-bond donors (Lipinski definition) is 2. The van der Waals surface area contributed by atoms with Crippen molar-refractivity contribution >= 4 is 5.91 Å². The third-order valence-corrected chi connectivity index (χ3v) is 5.60. The topological polar surface area (TPSA) is 94.7 Å². The zero-order chi connectivity index (χ0) is 24.8. The second-order valence-corrected chi connectivity index (χ2v) is 7.66. The quantitative estimate of drug-likeness (QED) is 0.366. The van der Waals surface area contributed by atoms with Gasteiger partial charge < -0.3 is 29.2 Å². The van der Waals surface area contributed by atoms with E-state index in [9.17, 15) is 4.79 Å². The molecule has 0 atom stereocenters. The Bertz CT molecular complexity index is 1310. The molecule has 0 aliphatic carbocycles. The summed E-state index contributed by atoms with van der Waals surface area (Å²) in [6.45, 7) is 0.387. The van der Waals surface area contributed by atoms with Gasteiger partial charge in [0.25, 0.3) is 5.91 Å². The Labute approximate surface area is 203 Å². The summed E-state index contributed by atoms with van der Waals surface area (Å²) in [7, 11) is 6.35. The second kappa shape index (κ2) is 10.6. The maximum absolute atomic E-state index is 12.6. The number of aromatic nitrogens is 2. The number of methoxy groups -OCH3 is 4. The maximum atomic E-state index is 12.6. The van der Waals surface area contributed by atoms with E-state index in [1.165, 1.54) is 7.11 Å². The van der Waals surface area contributed by atoms with Gasteiger partial charge in [-0.25, -0.2) is 4.98 Å². The predicted octanol–water partition coefficient (Wildman–Crippen LogP) is 4.71. The number of hydrogen-bond acceptors (Lipinski definition) is 6. The number of H-pyrrole nitrogens is 1. The molecule has 180 valence electrons. The Morgan fingerprint density at radius 2 is 1.54 bits per heavy atom. The van der Waals surface area contributed by atoms with Crippen LogP contribution in [-0.2, 0) is 6.54 Å². The molecular formula is C27H27N3O5. The van der Waals surface area contributed by atoms with Gasteiger partial charge in [-0.3, -0.25) is 4.79 Å². The highest BCUT2D eigenvalue weighted by molar-refractivity contribution is 5.94. The lowest BCUT2D eigenvalue weighted by atomic mass is 10.1. The number of rotatable bonds is 9. The molecule has 0 saturated carbocycles. The first-order valence-corrected chi connectivity index (χ1v) is 10.9. The number of nitrogens with zero attached hydrogens (tertiary/aromatic N) is 1. The lowest BCUT2D eigenvalue weighted by Crippen LogP contribution is -2.22. The number of carbonyl (C=O) groups is 1. The highest BCUT2D eigenvalue weighted by atomic mass is 16.5. The Balaban J connectivity index is 1.44. The van der Waals surface area contributed by atoms with E-state index in [0.717, 1.165) is 39.7 Å². The van der Waals surface area contributed by atoms with Gasteiger partial charge in [-0.15, -0.1) is 0 Å². The monoisotopic (exact) mass is 473 g/mol. The third-order valence-electron chi connectivity index (χ3n) is 5.60. The van der Waals surface area contributed by atoms with Gasteiger partial charge in [-0.2, -0.15) is 0 Å². The second-order valence-electron chi connectivity index (χ2n) is 7.66. The highest BCUT2D eigenvalue weighted by Crippen LogP contribution is 2.33. The summed E-state index contributed by atoms with van der Waals surface area (Å²) in [6, 6.07) is 18.5. The number of aromatic amines is 1. The number of amides is 1. The van der Waals surface area contributed by atoms with Crippen LogP contribution >= 0.6 is 0 Å². The van der Waals surface area contributed by atoms with Gasteiger partial charge in [-0.1, -0.05) is 24.3 Å². The molecule has 0 aliphatic rings. The van der Waals surface area contributed by atoms with Crippen LogP contribution in [0.1, 0.15) is 15.9 Å². The van der Waals surface area contributed by atoms with Crippen LogP contribution in [0, 0.1) is 0 Å². The fourth-order valence-corrected chi connectivity index (χ4v) is 3.67. The lowest BCUT2D eigenvalue weighted by Gasteiger charge is -2.10. The zero-order valence-electron chi connectivity index (χ0n) is 20.0. The summed E-state index contributed by atoms with van der Waals surface area (Å²) in [5, 5.41) is 2.93. The first kappa shape index (κ1) is 23.7. The molecule has 8 nitrogen and oxygen atoms in total.